The molecule has 2 aromatic rings. The van der Waals surface area contributed by atoms with E-state index in [0.717, 1.165) is 5.57 Å². The van der Waals surface area contributed by atoms with E-state index in [9.17, 15) is 14.6 Å². The Bertz CT molecular complexity index is 686. The van der Waals surface area contributed by atoms with Gasteiger partial charge in [-0.3, -0.25) is 0 Å². The second-order valence-electron chi connectivity index (χ2n) is 4.86. The van der Waals surface area contributed by atoms with E-state index in [0.29, 0.717) is 5.52 Å². The summed E-state index contributed by atoms with van der Waals surface area (Å²) < 4.78 is 14.9. The molecule has 3 atom stereocenters. The number of aliphatic hydroxyl groups excluding tert-OH is 2. The summed E-state index contributed by atoms with van der Waals surface area (Å²) in [5.74, 6) is -0.411. The van der Waals surface area contributed by atoms with Gasteiger partial charge in [-0.1, -0.05) is 6.58 Å². The SMILES string of the molecule is C=C1[C@@H](n2cnc3c(N)nc(F)nc32)[C@H](CO)[C@H]1CO. The first-order valence-electron chi connectivity index (χ1n) is 6.14. The number of halogens is 1. The topological polar surface area (TPSA) is 110 Å². The number of rotatable bonds is 3. The van der Waals surface area contributed by atoms with E-state index in [-0.39, 0.29) is 42.6 Å². The van der Waals surface area contributed by atoms with E-state index in [2.05, 4.69) is 21.5 Å². The molecule has 4 N–H and O–H groups in total. The molecule has 7 nitrogen and oxygen atoms in total. The molecule has 0 saturated heterocycles. The minimum absolute atomic E-state index is 0.0320. The monoisotopic (exact) mass is 279 g/mol. The minimum Gasteiger partial charge on any atom is -0.396 e. The number of aromatic nitrogens is 4. The Hall–Kier alpha value is -2.06. The highest BCUT2D eigenvalue weighted by Gasteiger charge is 2.45. The van der Waals surface area contributed by atoms with Gasteiger partial charge in [-0.15, -0.1) is 0 Å². The molecule has 1 aliphatic carbocycles. The summed E-state index contributed by atoms with van der Waals surface area (Å²) in [6.45, 7) is 3.71. The number of hydrogen-bond acceptors (Lipinski definition) is 6. The maximum atomic E-state index is 13.3. The fraction of sp³-hybridized carbons (Fsp3) is 0.417. The molecular weight excluding hydrogens is 265 g/mol. The average molecular weight is 279 g/mol. The molecule has 20 heavy (non-hydrogen) atoms. The second-order valence-corrected chi connectivity index (χ2v) is 4.86. The molecule has 0 aliphatic heterocycles. The van der Waals surface area contributed by atoms with E-state index >= 15 is 0 Å². The third kappa shape index (κ3) is 1.61. The van der Waals surface area contributed by atoms with Crippen LogP contribution in [-0.2, 0) is 0 Å². The first kappa shape index (κ1) is 12.9. The summed E-state index contributed by atoms with van der Waals surface area (Å²) in [5.41, 5.74) is 6.93. The number of anilines is 1. The van der Waals surface area contributed by atoms with Crippen LogP contribution >= 0.6 is 0 Å². The van der Waals surface area contributed by atoms with Crippen LogP contribution in [0.25, 0.3) is 11.2 Å². The predicted octanol–water partition coefficient (Wildman–Crippen LogP) is -0.125. The molecule has 0 radical (unpaired) electrons. The predicted molar refractivity (Wildman–Crippen MR) is 69.0 cm³/mol. The van der Waals surface area contributed by atoms with E-state index in [1.54, 1.807) is 4.57 Å². The molecular formula is C12H14FN5O2. The summed E-state index contributed by atoms with van der Waals surface area (Å²) >= 11 is 0. The number of nitrogen functional groups attached to an aromatic ring is 1. The van der Waals surface area contributed by atoms with Crippen molar-refractivity contribution < 1.29 is 14.6 Å². The fourth-order valence-corrected chi connectivity index (χ4v) is 2.85. The van der Waals surface area contributed by atoms with Gasteiger partial charge in [0, 0.05) is 18.4 Å². The molecule has 2 heterocycles. The summed E-state index contributed by atoms with van der Waals surface area (Å²) in [6, 6.07) is -0.282. The van der Waals surface area contributed by atoms with Crippen LogP contribution in [0.3, 0.4) is 0 Å². The Balaban J connectivity index is 2.09. The summed E-state index contributed by atoms with van der Waals surface area (Å²) in [6.07, 6.45) is 0.544. The smallest absolute Gasteiger partial charge is 0.312 e. The Morgan fingerprint density at radius 2 is 2.10 bits per heavy atom. The van der Waals surface area contributed by atoms with Crippen LogP contribution in [-0.4, -0.2) is 42.9 Å². The lowest BCUT2D eigenvalue weighted by Gasteiger charge is -2.46. The van der Waals surface area contributed by atoms with Crippen molar-refractivity contribution in [1.29, 1.82) is 0 Å². The molecule has 8 heteroatoms. The summed E-state index contributed by atoms with van der Waals surface area (Å²) in [7, 11) is 0. The summed E-state index contributed by atoms with van der Waals surface area (Å²) in [5, 5.41) is 18.7. The zero-order chi connectivity index (χ0) is 14.4. The number of imidazole rings is 1. The molecule has 0 bridgehead atoms. The van der Waals surface area contributed by atoms with Gasteiger partial charge in [-0.05, 0) is 5.57 Å². The van der Waals surface area contributed by atoms with Gasteiger partial charge >= 0.3 is 6.08 Å². The van der Waals surface area contributed by atoms with Crippen LogP contribution in [0.5, 0.6) is 0 Å². The first-order valence-corrected chi connectivity index (χ1v) is 6.14. The van der Waals surface area contributed by atoms with Crippen molar-refractivity contribution in [1.82, 2.24) is 19.5 Å². The van der Waals surface area contributed by atoms with Gasteiger partial charge in [-0.25, -0.2) is 4.98 Å². The molecule has 1 saturated carbocycles. The number of nitrogens with two attached hydrogens (primary N) is 1. The van der Waals surface area contributed by atoms with Gasteiger partial charge in [0.2, 0.25) is 0 Å². The maximum Gasteiger partial charge on any atom is 0.312 e. The van der Waals surface area contributed by atoms with Gasteiger partial charge in [0.1, 0.15) is 5.52 Å². The van der Waals surface area contributed by atoms with Gasteiger partial charge in [0.25, 0.3) is 0 Å². The van der Waals surface area contributed by atoms with Crippen LogP contribution in [0.2, 0.25) is 0 Å². The van der Waals surface area contributed by atoms with Crippen molar-refractivity contribution in [2.75, 3.05) is 18.9 Å². The molecule has 1 fully saturated rings. The Morgan fingerprint density at radius 1 is 1.35 bits per heavy atom. The Morgan fingerprint density at radius 3 is 2.75 bits per heavy atom. The van der Waals surface area contributed by atoms with E-state index in [4.69, 9.17) is 5.73 Å². The number of fused-ring (bicyclic) bond motifs is 1. The van der Waals surface area contributed by atoms with Gasteiger partial charge < -0.3 is 20.5 Å². The fourth-order valence-electron chi connectivity index (χ4n) is 2.85. The molecule has 106 valence electrons. The van der Waals surface area contributed by atoms with Crippen LogP contribution in [0, 0.1) is 17.9 Å². The first-order chi connectivity index (χ1) is 9.58. The van der Waals surface area contributed by atoms with E-state index in [1.165, 1.54) is 6.33 Å². The lowest BCUT2D eigenvalue weighted by atomic mass is 9.66. The lowest BCUT2D eigenvalue weighted by Crippen LogP contribution is -2.44. The Labute approximate surface area is 113 Å². The van der Waals surface area contributed by atoms with Crippen LogP contribution in [0.4, 0.5) is 10.2 Å². The van der Waals surface area contributed by atoms with Crippen molar-refractivity contribution in [2.24, 2.45) is 11.8 Å². The molecule has 0 spiro atoms. The van der Waals surface area contributed by atoms with E-state index < -0.39 is 6.08 Å². The van der Waals surface area contributed by atoms with Crippen LogP contribution < -0.4 is 5.73 Å². The van der Waals surface area contributed by atoms with Gasteiger partial charge in [0.15, 0.2) is 11.5 Å². The van der Waals surface area contributed by atoms with Crippen LogP contribution in [0.1, 0.15) is 6.04 Å². The average Bonchev–Trinajstić information content (AvgIpc) is 2.80. The van der Waals surface area contributed by atoms with Crippen molar-refractivity contribution in [3.63, 3.8) is 0 Å². The molecule has 0 aromatic carbocycles. The highest BCUT2D eigenvalue weighted by Crippen LogP contribution is 2.48. The number of nitrogens with zero attached hydrogens (tertiary/aromatic N) is 4. The zero-order valence-corrected chi connectivity index (χ0v) is 10.6. The highest BCUT2D eigenvalue weighted by molar-refractivity contribution is 5.81. The Kier molecular flexibility index (Phi) is 2.91. The van der Waals surface area contributed by atoms with Crippen molar-refractivity contribution in [2.45, 2.75) is 6.04 Å². The van der Waals surface area contributed by atoms with Crippen molar-refractivity contribution in [3.8, 4) is 0 Å². The zero-order valence-electron chi connectivity index (χ0n) is 10.6. The minimum atomic E-state index is -0.930. The number of aliphatic hydroxyl groups is 2. The lowest BCUT2D eigenvalue weighted by molar-refractivity contribution is 0.0536. The van der Waals surface area contributed by atoms with Crippen molar-refractivity contribution in [3.05, 3.63) is 24.6 Å². The standard InChI is InChI=1S/C12H14FN5O2/c1-5-6(2-19)7(3-20)9(5)18-4-15-8-10(14)16-12(13)17-11(8)18/h4,6-7,9,19-20H,1-3H2,(H2,14,16,17)/t6-,7+,9+/m0/s1. The molecule has 3 rings (SSSR count). The molecule has 0 amide bonds. The van der Waals surface area contributed by atoms with Gasteiger partial charge in [0.05, 0.1) is 19.0 Å². The largest absolute Gasteiger partial charge is 0.396 e. The van der Waals surface area contributed by atoms with E-state index in [1.807, 2.05) is 0 Å². The highest BCUT2D eigenvalue weighted by atomic mass is 19.1. The number of hydrogen-bond donors (Lipinski definition) is 3. The van der Waals surface area contributed by atoms with Crippen molar-refractivity contribution >= 4 is 17.0 Å². The van der Waals surface area contributed by atoms with Crippen LogP contribution in [0.15, 0.2) is 18.5 Å². The summed E-state index contributed by atoms with van der Waals surface area (Å²) in [4.78, 5) is 11.2. The third-order valence-corrected chi connectivity index (χ3v) is 3.91. The maximum absolute atomic E-state index is 13.3. The van der Waals surface area contributed by atoms with Gasteiger partial charge in [-0.2, -0.15) is 14.4 Å². The third-order valence-electron chi connectivity index (χ3n) is 3.91. The molecule has 1 aliphatic rings. The normalized spacial score (nSPS) is 25.9. The second kappa shape index (κ2) is 4.50. The quantitative estimate of drug-likeness (QED) is 0.533. The molecule has 0 unspecified atom stereocenters. The molecule has 2 aromatic heterocycles.